The molecule has 0 saturated heterocycles. The molecular weight excluding hydrogens is 384 g/mol. The quantitative estimate of drug-likeness (QED) is 0.204. The van der Waals surface area contributed by atoms with E-state index >= 15 is 0 Å². The van der Waals surface area contributed by atoms with Crippen LogP contribution in [0.15, 0.2) is 0 Å². The van der Waals surface area contributed by atoms with Crippen molar-refractivity contribution in [3.63, 3.8) is 0 Å². The molecule has 0 aliphatic carbocycles. The molecule has 0 spiro atoms. The molecule has 6 nitrogen and oxygen atoms in total. The number of unbranched alkanes of at least 4 members (excludes halogenated alkanes) is 2. The SMILES string of the molecule is CCCCC(CC)(C(=O)OOC(=O)C(CC)(CCCC)C(=O)C(C)C)C(=O)C(C)C. The molecule has 0 N–H and O–H groups in total. The van der Waals surface area contributed by atoms with Crippen LogP contribution in [0.25, 0.3) is 0 Å². The van der Waals surface area contributed by atoms with E-state index in [1.54, 1.807) is 41.5 Å². The molecule has 0 aromatic rings. The van der Waals surface area contributed by atoms with Gasteiger partial charge in [-0.25, -0.2) is 19.4 Å². The lowest BCUT2D eigenvalue weighted by atomic mass is 9.73. The zero-order valence-electron chi connectivity index (χ0n) is 20.3. The Kier molecular flexibility index (Phi) is 12.1. The maximum absolute atomic E-state index is 13.0. The van der Waals surface area contributed by atoms with E-state index in [2.05, 4.69) is 0 Å². The molecule has 2 atom stereocenters. The molecule has 0 fully saturated rings. The largest absolute Gasteiger partial charge is 0.369 e. The van der Waals surface area contributed by atoms with Crippen LogP contribution in [0.1, 0.15) is 107 Å². The first kappa shape index (κ1) is 28.3. The van der Waals surface area contributed by atoms with Gasteiger partial charge in [-0.05, 0) is 25.7 Å². The first-order valence-electron chi connectivity index (χ1n) is 11.5. The van der Waals surface area contributed by atoms with Gasteiger partial charge in [-0.3, -0.25) is 9.59 Å². The van der Waals surface area contributed by atoms with E-state index in [9.17, 15) is 19.2 Å². The van der Waals surface area contributed by atoms with Gasteiger partial charge in [-0.2, -0.15) is 0 Å². The first-order chi connectivity index (χ1) is 14.0. The van der Waals surface area contributed by atoms with Gasteiger partial charge in [-0.1, -0.05) is 81.1 Å². The Labute approximate surface area is 182 Å². The Bertz CT molecular complexity index is 543. The van der Waals surface area contributed by atoms with E-state index in [4.69, 9.17) is 9.78 Å². The van der Waals surface area contributed by atoms with Crippen LogP contribution >= 0.6 is 0 Å². The van der Waals surface area contributed by atoms with Gasteiger partial charge >= 0.3 is 11.9 Å². The highest BCUT2D eigenvalue weighted by atomic mass is 17.2. The van der Waals surface area contributed by atoms with E-state index in [0.29, 0.717) is 25.7 Å². The van der Waals surface area contributed by atoms with Gasteiger partial charge in [0.15, 0.2) is 11.6 Å². The molecule has 30 heavy (non-hydrogen) atoms. The van der Waals surface area contributed by atoms with Crippen molar-refractivity contribution >= 4 is 23.5 Å². The summed E-state index contributed by atoms with van der Waals surface area (Å²) in [6.45, 7) is 14.5. The van der Waals surface area contributed by atoms with Crippen molar-refractivity contribution < 1.29 is 29.0 Å². The van der Waals surface area contributed by atoms with Gasteiger partial charge in [0.25, 0.3) is 0 Å². The summed E-state index contributed by atoms with van der Waals surface area (Å²) in [5.41, 5.74) is -2.68. The minimum Gasteiger partial charge on any atom is -0.298 e. The smallest absolute Gasteiger partial charge is 0.298 e. The fourth-order valence-electron chi connectivity index (χ4n) is 3.94. The molecule has 0 aromatic heterocycles. The lowest BCUT2D eigenvalue weighted by Crippen LogP contribution is -2.45. The number of hydrogen-bond donors (Lipinski definition) is 0. The maximum Gasteiger partial charge on any atom is 0.369 e. The van der Waals surface area contributed by atoms with Crippen LogP contribution in [0.2, 0.25) is 0 Å². The summed E-state index contributed by atoms with van der Waals surface area (Å²) in [6, 6.07) is 0. The van der Waals surface area contributed by atoms with E-state index < -0.39 is 22.8 Å². The minimum absolute atomic E-state index is 0.217. The van der Waals surface area contributed by atoms with Crippen molar-refractivity contribution in [1.82, 2.24) is 0 Å². The number of ketones is 2. The second-order valence-corrected chi connectivity index (χ2v) is 8.86. The van der Waals surface area contributed by atoms with Crippen LogP contribution in [0.5, 0.6) is 0 Å². The van der Waals surface area contributed by atoms with Crippen molar-refractivity contribution in [2.45, 2.75) is 107 Å². The normalized spacial score (nSPS) is 15.4. The van der Waals surface area contributed by atoms with Gasteiger partial charge in [0.2, 0.25) is 0 Å². The molecule has 174 valence electrons. The highest BCUT2D eigenvalue weighted by molar-refractivity contribution is 6.06. The summed E-state index contributed by atoms with van der Waals surface area (Å²) in [4.78, 5) is 61.7. The summed E-state index contributed by atoms with van der Waals surface area (Å²) in [7, 11) is 0. The summed E-state index contributed by atoms with van der Waals surface area (Å²) in [5, 5.41) is 0. The average Bonchev–Trinajstić information content (AvgIpc) is 2.72. The zero-order chi connectivity index (χ0) is 23.5. The van der Waals surface area contributed by atoms with Crippen LogP contribution in [-0.2, 0) is 29.0 Å². The third-order valence-corrected chi connectivity index (χ3v) is 6.09. The van der Waals surface area contributed by atoms with Gasteiger partial charge in [0, 0.05) is 11.8 Å². The van der Waals surface area contributed by atoms with E-state index in [1.807, 2.05) is 13.8 Å². The summed E-state index contributed by atoms with van der Waals surface area (Å²) in [6.07, 6.45) is 4.20. The number of hydrogen-bond acceptors (Lipinski definition) is 6. The standard InChI is InChI=1S/C24H42O6/c1-9-13-15-23(11-3,19(25)17(5)6)21(27)29-30-22(28)24(12-4,16-14-10-2)20(26)18(7)8/h17-18H,9-16H2,1-8H3. The highest BCUT2D eigenvalue weighted by Gasteiger charge is 2.50. The molecular formula is C24H42O6. The zero-order valence-corrected chi connectivity index (χ0v) is 20.3. The topological polar surface area (TPSA) is 86.7 Å². The average molecular weight is 427 g/mol. The van der Waals surface area contributed by atoms with Crippen LogP contribution < -0.4 is 0 Å². The molecule has 0 radical (unpaired) electrons. The molecule has 2 unspecified atom stereocenters. The lowest BCUT2D eigenvalue weighted by molar-refractivity contribution is -0.273. The van der Waals surface area contributed by atoms with E-state index in [-0.39, 0.29) is 36.2 Å². The Morgan fingerprint density at radius 3 is 1.13 bits per heavy atom. The molecule has 6 heteroatoms. The summed E-state index contributed by atoms with van der Waals surface area (Å²) < 4.78 is 0. The molecule has 0 rings (SSSR count). The molecule has 0 aromatic carbocycles. The van der Waals surface area contributed by atoms with E-state index in [0.717, 1.165) is 12.8 Å². The Balaban J connectivity index is 5.73. The van der Waals surface area contributed by atoms with Gasteiger partial charge < -0.3 is 0 Å². The number of Topliss-reactive ketones (excluding diaryl/α,β-unsaturated/α-hetero) is 2. The fraction of sp³-hybridized carbons (Fsp3) is 0.833. The third-order valence-electron chi connectivity index (χ3n) is 6.09. The fourth-order valence-corrected chi connectivity index (χ4v) is 3.94. The molecule has 0 saturated carbocycles. The van der Waals surface area contributed by atoms with Crippen LogP contribution in [0.4, 0.5) is 0 Å². The number of carbonyl (C=O) groups is 4. The van der Waals surface area contributed by atoms with Crippen molar-refractivity contribution in [2.75, 3.05) is 0 Å². The predicted octanol–water partition coefficient (Wildman–Crippen LogP) is 5.61. The van der Waals surface area contributed by atoms with Crippen molar-refractivity contribution in [1.29, 1.82) is 0 Å². The third kappa shape index (κ3) is 6.39. The van der Waals surface area contributed by atoms with Crippen LogP contribution in [0, 0.1) is 22.7 Å². The van der Waals surface area contributed by atoms with Gasteiger partial charge in [-0.15, -0.1) is 0 Å². The molecule has 0 aliphatic heterocycles. The van der Waals surface area contributed by atoms with Crippen LogP contribution in [-0.4, -0.2) is 23.5 Å². The predicted molar refractivity (Wildman–Crippen MR) is 116 cm³/mol. The molecule has 0 heterocycles. The minimum atomic E-state index is -1.34. The number of carbonyl (C=O) groups excluding carboxylic acids is 4. The summed E-state index contributed by atoms with van der Waals surface area (Å²) >= 11 is 0. The van der Waals surface area contributed by atoms with Crippen molar-refractivity contribution in [3.8, 4) is 0 Å². The molecule has 0 bridgehead atoms. The summed E-state index contributed by atoms with van der Waals surface area (Å²) in [5.74, 6) is -2.83. The molecule has 0 aliphatic rings. The Morgan fingerprint density at radius 2 is 0.933 bits per heavy atom. The van der Waals surface area contributed by atoms with Gasteiger partial charge in [0.1, 0.15) is 10.8 Å². The Hall–Kier alpha value is -1.72. The van der Waals surface area contributed by atoms with Crippen LogP contribution in [0.3, 0.4) is 0 Å². The second kappa shape index (κ2) is 12.9. The second-order valence-electron chi connectivity index (χ2n) is 8.86. The lowest BCUT2D eigenvalue weighted by Gasteiger charge is -2.32. The van der Waals surface area contributed by atoms with E-state index in [1.165, 1.54) is 0 Å². The monoisotopic (exact) mass is 426 g/mol. The number of rotatable bonds is 14. The first-order valence-corrected chi connectivity index (χ1v) is 11.5. The van der Waals surface area contributed by atoms with Crippen molar-refractivity contribution in [3.05, 3.63) is 0 Å². The van der Waals surface area contributed by atoms with Gasteiger partial charge in [0.05, 0.1) is 0 Å². The highest BCUT2D eigenvalue weighted by Crippen LogP contribution is 2.37. The maximum atomic E-state index is 13.0. The molecule has 0 amide bonds. The van der Waals surface area contributed by atoms with Crippen molar-refractivity contribution in [2.24, 2.45) is 22.7 Å². The Morgan fingerprint density at radius 1 is 0.633 bits per heavy atom.